The highest BCUT2D eigenvalue weighted by Crippen LogP contribution is 2.29. The predicted molar refractivity (Wildman–Crippen MR) is 97.6 cm³/mol. The van der Waals surface area contributed by atoms with Crippen LogP contribution in [0.25, 0.3) is 21.6 Å². The molecule has 4 aromatic rings. The maximum absolute atomic E-state index is 5.28. The molecule has 120 valence electrons. The summed E-state index contributed by atoms with van der Waals surface area (Å²) in [5, 5.41) is 11.8. The van der Waals surface area contributed by atoms with Crippen molar-refractivity contribution >= 4 is 22.2 Å². The van der Waals surface area contributed by atoms with Crippen molar-refractivity contribution in [2.45, 2.75) is 12.8 Å². The summed E-state index contributed by atoms with van der Waals surface area (Å²) in [6, 6.07) is 18.6. The number of methoxy groups -OCH3 is 1. The van der Waals surface area contributed by atoms with Crippen molar-refractivity contribution in [3.8, 4) is 16.5 Å². The van der Waals surface area contributed by atoms with Crippen molar-refractivity contribution < 1.29 is 4.74 Å². The van der Waals surface area contributed by atoms with Gasteiger partial charge in [0.25, 0.3) is 0 Å². The first-order valence-corrected chi connectivity index (χ1v) is 8.67. The third-order valence-corrected chi connectivity index (χ3v) is 5.01. The summed E-state index contributed by atoms with van der Waals surface area (Å²) in [4.78, 5) is 3.40. The molecule has 0 aliphatic rings. The van der Waals surface area contributed by atoms with Gasteiger partial charge in [-0.05, 0) is 36.2 Å². The lowest BCUT2D eigenvalue weighted by Crippen LogP contribution is -1.89. The Morgan fingerprint density at radius 3 is 2.71 bits per heavy atom. The van der Waals surface area contributed by atoms with Crippen LogP contribution in [0.5, 0.6) is 5.75 Å². The number of aromatic amines is 1. The van der Waals surface area contributed by atoms with Gasteiger partial charge in [0, 0.05) is 17.3 Å². The fraction of sp³-hybridized carbons (Fsp3) is 0.158. The van der Waals surface area contributed by atoms with E-state index in [4.69, 9.17) is 4.74 Å². The lowest BCUT2D eigenvalue weighted by molar-refractivity contribution is 0.415. The van der Waals surface area contributed by atoms with Crippen molar-refractivity contribution in [2.24, 2.45) is 0 Å². The molecule has 0 radical (unpaired) electrons. The monoisotopic (exact) mass is 335 g/mol. The van der Waals surface area contributed by atoms with E-state index >= 15 is 0 Å². The van der Waals surface area contributed by atoms with E-state index in [0.717, 1.165) is 45.2 Å². The van der Waals surface area contributed by atoms with Gasteiger partial charge in [0.1, 0.15) is 10.8 Å². The van der Waals surface area contributed by atoms with Crippen LogP contribution in [0.3, 0.4) is 0 Å². The first kappa shape index (κ1) is 14.9. The van der Waals surface area contributed by atoms with Crippen LogP contribution in [-0.2, 0) is 12.8 Å². The molecular formula is C19H17N3OS. The highest BCUT2D eigenvalue weighted by molar-refractivity contribution is 7.14. The van der Waals surface area contributed by atoms with E-state index in [1.807, 2.05) is 24.3 Å². The Balaban J connectivity index is 1.54. The van der Waals surface area contributed by atoms with Crippen LogP contribution in [0.4, 0.5) is 0 Å². The molecule has 2 aromatic heterocycles. The minimum Gasteiger partial charge on any atom is -0.497 e. The van der Waals surface area contributed by atoms with E-state index in [1.54, 1.807) is 18.4 Å². The van der Waals surface area contributed by atoms with Crippen molar-refractivity contribution in [3.05, 3.63) is 65.2 Å². The second kappa shape index (κ2) is 6.45. The Hall–Kier alpha value is -2.66. The fourth-order valence-corrected chi connectivity index (χ4v) is 3.52. The lowest BCUT2D eigenvalue weighted by atomic mass is 10.1. The van der Waals surface area contributed by atoms with Crippen LogP contribution in [0.15, 0.2) is 54.6 Å². The number of hydrogen-bond donors (Lipinski definition) is 1. The molecular weight excluding hydrogens is 318 g/mol. The molecule has 0 aliphatic heterocycles. The number of rotatable bonds is 5. The van der Waals surface area contributed by atoms with Crippen LogP contribution >= 0.6 is 11.3 Å². The number of nitrogens with one attached hydrogen (secondary N) is 1. The number of nitrogens with zero attached hydrogens (tertiary/aromatic N) is 2. The molecule has 0 fully saturated rings. The number of H-pyrrole nitrogens is 1. The van der Waals surface area contributed by atoms with E-state index in [1.165, 1.54) is 5.56 Å². The Kier molecular flexibility index (Phi) is 4.01. The van der Waals surface area contributed by atoms with Gasteiger partial charge in [0.05, 0.1) is 12.8 Å². The zero-order chi connectivity index (χ0) is 16.4. The molecule has 0 bridgehead atoms. The van der Waals surface area contributed by atoms with Gasteiger partial charge in [-0.2, -0.15) is 0 Å². The largest absolute Gasteiger partial charge is 0.497 e. The number of ether oxygens (including phenoxy) is 1. The summed E-state index contributed by atoms with van der Waals surface area (Å²) in [7, 11) is 1.68. The van der Waals surface area contributed by atoms with Crippen molar-refractivity contribution in [1.82, 2.24) is 15.2 Å². The van der Waals surface area contributed by atoms with Gasteiger partial charge in [0.2, 0.25) is 0 Å². The van der Waals surface area contributed by atoms with Crippen molar-refractivity contribution in [3.63, 3.8) is 0 Å². The Morgan fingerprint density at radius 1 is 1.00 bits per heavy atom. The van der Waals surface area contributed by atoms with Crippen LogP contribution in [0.1, 0.15) is 10.6 Å². The quantitative estimate of drug-likeness (QED) is 0.585. The molecule has 4 nitrogen and oxygen atoms in total. The van der Waals surface area contributed by atoms with Gasteiger partial charge in [-0.15, -0.1) is 10.2 Å². The number of hydrogen-bond acceptors (Lipinski definition) is 4. The molecule has 0 atom stereocenters. The molecule has 0 aliphatic carbocycles. The Morgan fingerprint density at radius 2 is 1.88 bits per heavy atom. The summed E-state index contributed by atoms with van der Waals surface area (Å²) < 4.78 is 5.28. The van der Waals surface area contributed by atoms with Crippen molar-refractivity contribution in [1.29, 1.82) is 0 Å². The molecule has 0 saturated carbocycles. The summed E-state index contributed by atoms with van der Waals surface area (Å²) in [5.41, 5.74) is 3.40. The maximum atomic E-state index is 5.28. The zero-order valence-corrected chi connectivity index (χ0v) is 14.1. The molecule has 5 heteroatoms. The molecule has 2 heterocycles. The number of benzene rings is 2. The smallest absolute Gasteiger partial charge is 0.164 e. The third kappa shape index (κ3) is 3.03. The highest BCUT2D eigenvalue weighted by atomic mass is 32.1. The average Bonchev–Trinajstić information content (AvgIpc) is 3.26. The molecule has 2 aromatic carbocycles. The van der Waals surface area contributed by atoms with Crippen molar-refractivity contribution in [2.75, 3.05) is 7.11 Å². The Labute approximate surface area is 144 Å². The van der Waals surface area contributed by atoms with E-state index < -0.39 is 0 Å². The number of fused-ring (bicyclic) bond motifs is 1. The predicted octanol–water partition coefficient (Wildman–Crippen LogP) is 4.48. The zero-order valence-electron chi connectivity index (χ0n) is 13.3. The van der Waals surface area contributed by atoms with Gasteiger partial charge in [0.15, 0.2) is 5.01 Å². The summed E-state index contributed by atoms with van der Waals surface area (Å²) >= 11 is 1.65. The standard InChI is InChI=1S/C19H17N3OS/c1-23-15-8-9-16-14(11-15)12-17(20-16)19-22-21-18(24-19)10-7-13-5-3-2-4-6-13/h2-6,8-9,11-12,20H,7,10H2,1H3. The molecule has 0 unspecified atom stereocenters. The molecule has 0 amide bonds. The molecule has 1 N–H and O–H groups in total. The van der Waals surface area contributed by atoms with E-state index in [-0.39, 0.29) is 0 Å². The van der Waals surface area contributed by atoms with Gasteiger partial charge in [-0.25, -0.2) is 0 Å². The van der Waals surface area contributed by atoms with Gasteiger partial charge in [-0.1, -0.05) is 41.7 Å². The first-order valence-electron chi connectivity index (χ1n) is 7.85. The van der Waals surface area contributed by atoms with Crippen LogP contribution < -0.4 is 4.74 Å². The SMILES string of the molecule is COc1ccc2[nH]c(-c3nnc(CCc4ccccc4)s3)cc2c1. The first-order chi connectivity index (χ1) is 11.8. The maximum Gasteiger partial charge on any atom is 0.164 e. The highest BCUT2D eigenvalue weighted by Gasteiger charge is 2.10. The van der Waals surface area contributed by atoms with E-state index in [9.17, 15) is 0 Å². The van der Waals surface area contributed by atoms with E-state index in [2.05, 4.69) is 45.5 Å². The van der Waals surface area contributed by atoms with Crippen LogP contribution in [-0.4, -0.2) is 22.3 Å². The fourth-order valence-electron chi connectivity index (χ4n) is 2.71. The van der Waals surface area contributed by atoms with Crippen LogP contribution in [0.2, 0.25) is 0 Å². The van der Waals surface area contributed by atoms with Gasteiger partial charge < -0.3 is 9.72 Å². The summed E-state index contributed by atoms with van der Waals surface area (Å²) in [6.07, 6.45) is 1.90. The van der Waals surface area contributed by atoms with Gasteiger partial charge >= 0.3 is 0 Å². The Bertz CT molecular complexity index is 959. The normalized spacial score (nSPS) is 11.0. The lowest BCUT2D eigenvalue weighted by Gasteiger charge is -1.97. The van der Waals surface area contributed by atoms with Gasteiger partial charge in [-0.3, -0.25) is 0 Å². The number of aryl methyl sites for hydroxylation is 2. The molecule has 0 spiro atoms. The molecule has 4 rings (SSSR count). The third-order valence-electron chi connectivity index (χ3n) is 4.00. The van der Waals surface area contributed by atoms with E-state index in [0.29, 0.717) is 0 Å². The summed E-state index contributed by atoms with van der Waals surface area (Å²) in [5.74, 6) is 0.855. The molecule has 24 heavy (non-hydrogen) atoms. The average molecular weight is 335 g/mol. The summed E-state index contributed by atoms with van der Waals surface area (Å²) in [6.45, 7) is 0. The number of aromatic nitrogens is 3. The topological polar surface area (TPSA) is 50.8 Å². The van der Waals surface area contributed by atoms with Crippen LogP contribution in [0, 0.1) is 0 Å². The molecule has 0 saturated heterocycles. The minimum absolute atomic E-state index is 0.855. The second-order valence-corrected chi connectivity index (χ2v) is 6.68. The second-order valence-electron chi connectivity index (χ2n) is 5.62. The minimum atomic E-state index is 0.855.